The number of methoxy groups -OCH3 is 1. The van der Waals surface area contributed by atoms with E-state index in [9.17, 15) is 4.79 Å². The van der Waals surface area contributed by atoms with Crippen molar-refractivity contribution in [1.29, 1.82) is 0 Å². The van der Waals surface area contributed by atoms with Gasteiger partial charge in [-0.3, -0.25) is 4.79 Å². The van der Waals surface area contributed by atoms with Gasteiger partial charge in [0.2, 0.25) is 11.7 Å². The van der Waals surface area contributed by atoms with E-state index in [1.165, 1.54) is 0 Å². The Bertz CT molecular complexity index is 1050. The first-order chi connectivity index (χ1) is 12.7. The second-order valence-electron chi connectivity index (χ2n) is 5.67. The number of benzene rings is 2. The molecular weight excluding hydrogens is 332 g/mol. The average molecular weight is 348 g/mol. The molecule has 1 amide bonds. The standard InChI is InChI=1S/C19H16N4O3/c1-25-13-8-6-12(7-9-13)18-22-17(26-23-18)11-21-19(24)15-10-20-16-5-3-2-4-14(15)16/h2-10,20H,11H2,1H3,(H,21,24). The van der Waals surface area contributed by atoms with Crippen LogP contribution in [0.2, 0.25) is 0 Å². The minimum atomic E-state index is -0.202. The molecule has 7 heteroatoms. The summed E-state index contributed by atoms with van der Waals surface area (Å²) in [6.07, 6.45) is 1.69. The van der Waals surface area contributed by atoms with E-state index in [1.807, 2.05) is 48.5 Å². The van der Waals surface area contributed by atoms with Crippen LogP contribution in [0.3, 0.4) is 0 Å². The fraction of sp³-hybridized carbons (Fsp3) is 0.105. The van der Waals surface area contributed by atoms with Crippen LogP contribution in [0.1, 0.15) is 16.2 Å². The number of carbonyl (C=O) groups is 1. The highest BCUT2D eigenvalue weighted by Crippen LogP contribution is 2.20. The van der Waals surface area contributed by atoms with Crippen LogP contribution in [0.4, 0.5) is 0 Å². The maximum atomic E-state index is 12.4. The molecule has 0 bridgehead atoms. The Morgan fingerprint density at radius 3 is 2.81 bits per heavy atom. The zero-order valence-electron chi connectivity index (χ0n) is 14.0. The van der Waals surface area contributed by atoms with Gasteiger partial charge in [0, 0.05) is 22.7 Å². The molecule has 0 fully saturated rings. The molecule has 2 aromatic carbocycles. The van der Waals surface area contributed by atoms with Crippen molar-refractivity contribution in [3.05, 3.63) is 66.2 Å². The summed E-state index contributed by atoms with van der Waals surface area (Å²) in [5.74, 6) is 1.35. The number of rotatable bonds is 5. The molecular formula is C19H16N4O3. The molecule has 0 atom stereocenters. The highest BCUT2D eigenvalue weighted by atomic mass is 16.5. The second-order valence-corrected chi connectivity index (χ2v) is 5.67. The lowest BCUT2D eigenvalue weighted by Gasteiger charge is -2.01. The molecule has 0 aliphatic rings. The van der Waals surface area contributed by atoms with Crippen molar-refractivity contribution in [2.75, 3.05) is 7.11 Å². The Morgan fingerprint density at radius 1 is 1.19 bits per heavy atom. The normalized spacial score (nSPS) is 10.8. The van der Waals surface area contributed by atoms with E-state index in [1.54, 1.807) is 13.3 Å². The van der Waals surface area contributed by atoms with Crippen molar-refractivity contribution >= 4 is 16.8 Å². The number of para-hydroxylation sites is 1. The molecule has 0 spiro atoms. The maximum absolute atomic E-state index is 12.4. The van der Waals surface area contributed by atoms with Gasteiger partial charge in [-0.05, 0) is 30.3 Å². The molecule has 0 unspecified atom stereocenters. The van der Waals surface area contributed by atoms with Crippen LogP contribution in [-0.2, 0) is 6.54 Å². The smallest absolute Gasteiger partial charge is 0.253 e. The Kier molecular flexibility index (Phi) is 4.10. The lowest BCUT2D eigenvalue weighted by molar-refractivity contribution is 0.0948. The number of aromatic nitrogens is 3. The Morgan fingerprint density at radius 2 is 2.00 bits per heavy atom. The van der Waals surface area contributed by atoms with Crippen LogP contribution in [0, 0.1) is 0 Å². The van der Waals surface area contributed by atoms with Crippen LogP contribution in [0.5, 0.6) is 5.75 Å². The van der Waals surface area contributed by atoms with E-state index in [4.69, 9.17) is 9.26 Å². The molecule has 0 saturated heterocycles. The number of nitrogens with zero attached hydrogens (tertiary/aromatic N) is 2. The predicted octanol–water partition coefficient (Wildman–Crippen LogP) is 3.16. The van der Waals surface area contributed by atoms with Crippen molar-refractivity contribution in [3.8, 4) is 17.1 Å². The van der Waals surface area contributed by atoms with E-state index in [0.717, 1.165) is 22.2 Å². The van der Waals surface area contributed by atoms with Crippen LogP contribution < -0.4 is 10.1 Å². The largest absolute Gasteiger partial charge is 0.497 e. The quantitative estimate of drug-likeness (QED) is 0.578. The fourth-order valence-corrected chi connectivity index (χ4v) is 2.69. The van der Waals surface area contributed by atoms with E-state index in [-0.39, 0.29) is 12.5 Å². The molecule has 130 valence electrons. The Hall–Kier alpha value is -3.61. The number of fused-ring (bicyclic) bond motifs is 1. The highest BCUT2D eigenvalue weighted by molar-refractivity contribution is 6.06. The summed E-state index contributed by atoms with van der Waals surface area (Å²) in [4.78, 5) is 19.8. The minimum Gasteiger partial charge on any atom is -0.497 e. The van der Waals surface area contributed by atoms with Gasteiger partial charge in [-0.1, -0.05) is 23.4 Å². The summed E-state index contributed by atoms with van der Waals surface area (Å²) in [6.45, 7) is 0.154. The molecule has 0 radical (unpaired) electrons. The summed E-state index contributed by atoms with van der Waals surface area (Å²) in [7, 11) is 1.61. The lowest BCUT2D eigenvalue weighted by Crippen LogP contribution is -2.22. The molecule has 0 aliphatic carbocycles. The van der Waals surface area contributed by atoms with Crippen molar-refractivity contribution in [2.24, 2.45) is 0 Å². The van der Waals surface area contributed by atoms with Crippen molar-refractivity contribution in [1.82, 2.24) is 20.4 Å². The van der Waals surface area contributed by atoms with Gasteiger partial charge >= 0.3 is 0 Å². The number of nitrogens with one attached hydrogen (secondary N) is 2. The van der Waals surface area contributed by atoms with Crippen molar-refractivity contribution in [3.63, 3.8) is 0 Å². The summed E-state index contributed by atoms with van der Waals surface area (Å²) in [6, 6.07) is 15.0. The van der Waals surface area contributed by atoms with Crippen LogP contribution in [-0.4, -0.2) is 28.1 Å². The number of carbonyl (C=O) groups excluding carboxylic acids is 1. The lowest BCUT2D eigenvalue weighted by atomic mass is 10.1. The van der Waals surface area contributed by atoms with Gasteiger partial charge in [-0.15, -0.1) is 0 Å². The molecule has 2 N–H and O–H groups in total. The molecule has 0 saturated carbocycles. The fourth-order valence-electron chi connectivity index (χ4n) is 2.69. The second kappa shape index (κ2) is 6.72. The molecule has 0 aliphatic heterocycles. The molecule has 7 nitrogen and oxygen atoms in total. The van der Waals surface area contributed by atoms with E-state index in [2.05, 4.69) is 20.4 Å². The van der Waals surface area contributed by atoms with Gasteiger partial charge in [0.15, 0.2) is 0 Å². The number of hydrogen-bond donors (Lipinski definition) is 2. The number of hydrogen-bond acceptors (Lipinski definition) is 5. The van der Waals surface area contributed by atoms with Crippen molar-refractivity contribution < 1.29 is 14.1 Å². The van der Waals surface area contributed by atoms with Gasteiger partial charge in [0.25, 0.3) is 5.91 Å². The summed E-state index contributed by atoms with van der Waals surface area (Å²) < 4.78 is 10.3. The number of ether oxygens (including phenoxy) is 1. The Balaban J connectivity index is 1.45. The molecule has 2 aromatic heterocycles. The first-order valence-corrected chi connectivity index (χ1v) is 8.06. The third-order valence-corrected chi connectivity index (χ3v) is 4.05. The predicted molar refractivity (Wildman–Crippen MR) is 95.8 cm³/mol. The van der Waals surface area contributed by atoms with Crippen molar-refractivity contribution in [2.45, 2.75) is 6.54 Å². The van der Waals surface area contributed by atoms with E-state index < -0.39 is 0 Å². The van der Waals surface area contributed by atoms with Gasteiger partial charge in [0.05, 0.1) is 19.2 Å². The van der Waals surface area contributed by atoms with Gasteiger partial charge < -0.3 is 19.6 Å². The maximum Gasteiger partial charge on any atom is 0.253 e. The first kappa shape index (κ1) is 15.9. The van der Waals surface area contributed by atoms with E-state index >= 15 is 0 Å². The third-order valence-electron chi connectivity index (χ3n) is 4.05. The summed E-state index contributed by atoms with van der Waals surface area (Å²) in [5.41, 5.74) is 2.30. The summed E-state index contributed by atoms with van der Waals surface area (Å²) >= 11 is 0. The highest BCUT2D eigenvalue weighted by Gasteiger charge is 2.14. The van der Waals surface area contributed by atoms with Crippen LogP contribution >= 0.6 is 0 Å². The number of amides is 1. The molecule has 4 aromatic rings. The monoisotopic (exact) mass is 348 g/mol. The van der Waals surface area contributed by atoms with E-state index in [0.29, 0.717) is 17.3 Å². The zero-order valence-corrected chi connectivity index (χ0v) is 14.0. The summed E-state index contributed by atoms with van der Waals surface area (Å²) in [5, 5.41) is 7.62. The van der Waals surface area contributed by atoms with Gasteiger partial charge in [0.1, 0.15) is 5.75 Å². The topological polar surface area (TPSA) is 93.0 Å². The average Bonchev–Trinajstić information content (AvgIpc) is 3.33. The third kappa shape index (κ3) is 3.02. The molecule has 4 rings (SSSR count). The van der Waals surface area contributed by atoms with Crippen LogP contribution in [0.25, 0.3) is 22.3 Å². The molecule has 2 heterocycles. The molecule has 26 heavy (non-hydrogen) atoms. The van der Waals surface area contributed by atoms with Gasteiger partial charge in [-0.25, -0.2) is 0 Å². The first-order valence-electron chi connectivity index (χ1n) is 8.06. The minimum absolute atomic E-state index is 0.154. The van der Waals surface area contributed by atoms with Gasteiger partial charge in [-0.2, -0.15) is 4.98 Å². The zero-order chi connectivity index (χ0) is 17.9. The number of H-pyrrole nitrogens is 1. The number of aromatic amines is 1. The SMILES string of the molecule is COc1ccc(-c2noc(CNC(=O)c3c[nH]c4ccccc34)n2)cc1. The Labute approximate surface area is 149 Å². The van der Waals surface area contributed by atoms with Crippen LogP contribution in [0.15, 0.2) is 59.3 Å².